The molecular weight excluding hydrogens is 234 g/mol. The highest BCUT2D eigenvalue weighted by molar-refractivity contribution is 7.13. The lowest BCUT2D eigenvalue weighted by atomic mass is 10.3. The fraction of sp³-hybridized carbons (Fsp3) is 0.167. The molecule has 0 unspecified atom stereocenters. The molecule has 0 fully saturated rings. The molecule has 3 aromatic heterocycles. The van der Waals surface area contributed by atoms with Gasteiger partial charge in [0.2, 0.25) is 5.89 Å². The maximum atomic E-state index is 5.67. The van der Waals surface area contributed by atoms with Crippen LogP contribution in [-0.4, -0.2) is 14.8 Å². The Hall–Kier alpha value is -1.88. The van der Waals surface area contributed by atoms with E-state index in [-0.39, 0.29) is 0 Å². The van der Waals surface area contributed by atoms with Crippen molar-refractivity contribution in [2.24, 2.45) is 0 Å². The number of rotatable bonds is 3. The van der Waals surface area contributed by atoms with E-state index in [1.807, 2.05) is 41.4 Å². The zero-order valence-electron chi connectivity index (χ0n) is 9.33. The smallest absolute Gasteiger partial charge is 0.236 e. The van der Waals surface area contributed by atoms with Gasteiger partial charge in [-0.05, 0) is 24.4 Å². The number of hydrogen-bond donors (Lipinski definition) is 0. The van der Waals surface area contributed by atoms with Gasteiger partial charge in [-0.1, -0.05) is 6.07 Å². The van der Waals surface area contributed by atoms with Crippen molar-refractivity contribution in [3.63, 3.8) is 0 Å². The molecule has 5 heteroatoms. The molecule has 0 amide bonds. The van der Waals surface area contributed by atoms with Gasteiger partial charge in [0.15, 0.2) is 0 Å². The molecule has 0 atom stereocenters. The molecule has 3 aromatic rings. The van der Waals surface area contributed by atoms with Crippen LogP contribution >= 0.6 is 11.3 Å². The normalized spacial score (nSPS) is 10.9. The Labute approximate surface area is 103 Å². The van der Waals surface area contributed by atoms with Crippen molar-refractivity contribution in [1.29, 1.82) is 0 Å². The minimum atomic E-state index is 0.647. The summed E-state index contributed by atoms with van der Waals surface area (Å²) in [7, 11) is 0. The summed E-state index contributed by atoms with van der Waals surface area (Å²) in [6.07, 6.45) is 3.68. The molecule has 3 rings (SSSR count). The second-order valence-electron chi connectivity index (χ2n) is 3.70. The summed E-state index contributed by atoms with van der Waals surface area (Å²) in [6.45, 7) is 2.58. The van der Waals surface area contributed by atoms with E-state index < -0.39 is 0 Å². The molecule has 4 nitrogen and oxygen atoms in total. The lowest BCUT2D eigenvalue weighted by Crippen LogP contribution is -2.01. The van der Waals surface area contributed by atoms with Gasteiger partial charge in [-0.2, -0.15) is 5.10 Å². The first kappa shape index (κ1) is 10.3. The molecule has 0 aliphatic rings. The van der Waals surface area contributed by atoms with Crippen LogP contribution in [0.1, 0.15) is 11.5 Å². The lowest BCUT2D eigenvalue weighted by Gasteiger charge is -1.96. The Morgan fingerprint density at radius 3 is 3.06 bits per heavy atom. The maximum Gasteiger partial charge on any atom is 0.236 e. The highest BCUT2D eigenvalue weighted by Crippen LogP contribution is 2.26. The van der Waals surface area contributed by atoms with Crippen molar-refractivity contribution in [1.82, 2.24) is 14.8 Å². The predicted octanol–water partition coefficient (Wildman–Crippen LogP) is 2.96. The fourth-order valence-corrected chi connectivity index (χ4v) is 2.28. The SMILES string of the molecule is Cc1oc(-c2cccs2)nc1Cn1cccn1. The molecule has 0 bridgehead atoms. The Kier molecular flexibility index (Phi) is 2.53. The lowest BCUT2D eigenvalue weighted by molar-refractivity contribution is 0.537. The third kappa shape index (κ3) is 2.01. The van der Waals surface area contributed by atoms with Crippen LogP contribution < -0.4 is 0 Å². The Morgan fingerprint density at radius 2 is 2.35 bits per heavy atom. The van der Waals surface area contributed by atoms with Crippen LogP contribution in [0.3, 0.4) is 0 Å². The van der Waals surface area contributed by atoms with Gasteiger partial charge >= 0.3 is 0 Å². The maximum absolute atomic E-state index is 5.67. The Bertz CT molecular complexity index is 596. The van der Waals surface area contributed by atoms with Crippen LogP contribution in [0.2, 0.25) is 0 Å². The van der Waals surface area contributed by atoms with Gasteiger partial charge in [0.1, 0.15) is 11.5 Å². The Balaban J connectivity index is 1.91. The first-order valence-electron chi connectivity index (χ1n) is 5.30. The summed E-state index contributed by atoms with van der Waals surface area (Å²) in [5, 5.41) is 6.18. The first-order chi connectivity index (χ1) is 8.33. The van der Waals surface area contributed by atoms with Crippen molar-refractivity contribution < 1.29 is 4.42 Å². The first-order valence-corrected chi connectivity index (χ1v) is 6.18. The third-order valence-corrected chi connectivity index (χ3v) is 3.35. The quantitative estimate of drug-likeness (QED) is 0.712. The number of aromatic nitrogens is 3. The van der Waals surface area contributed by atoms with Gasteiger partial charge in [0.25, 0.3) is 0 Å². The van der Waals surface area contributed by atoms with Crippen LogP contribution in [0.15, 0.2) is 40.4 Å². The van der Waals surface area contributed by atoms with Gasteiger partial charge in [-0.3, -0.25) is 4.68 Å². The van der Waals surface area contributed by atoms with E-state index in [1.54, 1.807) is 17.5 Å². The zero-order valence-corrected chi connectivity index (χ0v) is 10.1. The zero-order chi connectivity index (χ0) is 11.7. The van der Waals surface area contributed by atoms with Gasteiger partial charge in [-0.15, -0.1) is 11.3 Å². The van der Waals surface area contributed by atoms with Gasteiger partial charge < -0.3 is 4.42 Å². The largest absolute Gasteiger partial charge is 0.440 e. The number of oxazole rings is 1. The molecule has 86 valence electrons. The topological polar surface area (TPSA) is 43.9 Å². The average molecular weight is 245 g/mol. The summed E-state index contributed by atoms with van der Waals surface area (Å²) in [6, 6.07) is 5.90. The Morgan fingerprint density at radius 1 is 1.41 bits per heavy atom. The monoisotopic (exact) mass is 245 g/mol. The standard InChI is InChI=1S/C12H11N3OS/c1-9-10(8-15-6-3-5-13-15)14-12(16-9)11-4-2-7-17-11/h2-7H,8H2,1H3. The highest BCUT2D eigenvalue weighted by Gasteiger charge is 2.12. The third-order valence-electron chi connectivity index (χ3n) is 2.50. The summed E-state index contributed by atoms with van der Waals surface area (Å²) in [4.78, 5) is 5.57. The summed E-state index contributed by atoms with van der Waals surface area (Å²) in [5.74, 6) is 1.54. The number of nitrogens with zero attached hydrogens (tertiary/aromatic N) is 3. The molecule has 17 heavy (non-hydrogen) atoms. The van der Waals surface area contributed by atoms with Crippen molar-refractivity contribution in [2.45, 2.75) is 13.5 Å². The van der Waals surface area contributed by atoms with Crippen molar-refractivity contribution in [3.8, 4) is 10.8 Å². The van der Waals surface area contributed by atoms with E-state index in [9.17, 15) is 0 Å². The molecule has 0 saturated carbocycles. The van der Waals surface area contributed by atoms with Crippen molar-refractivity contribution in [2.75, 3.05) is 0 Å². The number of aryl methyl sites for hydroxylation is 1. The minimum Gasteiger partial charge on any atom is -0.440 e. The van der Waals surface area contributed by atoms with Gasteiger partial charge in [0, 0.05) is 12.4 Å². The number of hydrogen-bond acceptors (Lipinski definition) is 4. The van der Waals surface area contributed by atoms with Crippen LogP contribution in [0.25, 0.3) is 10.8 Å². The summed E-state index contributed by atoms with van der Waals surface area (Å²) >= 11 is 1.63. The second kappa shape index (κ2) is 4.18. The van der Waals surface area contributed by atoms with E-state index in [2.05, 4.69) is 10.1 Å². The van der Waals surface area contributed by atoms with Crippen LogP contribution in [0, 0.1) is 6.92 Å². The van der Waals surface area contributed by atoms with E-state index in [1.165, 1.54) is 0 Å². The minimum absolute atomic E-state index is 0.647. The molecule has 0 radical (unpaired) electrons. The molecule has 3 heterocycles. The van der Waals surface area contributed by atoms with Gasteiger partial charge in [-0.25, -0.2) is 4.98 Å². The van der Waals surface area contributed by atoms with Gasteiger partial charge in [0.05, 0.1) is 11.4 Å². The second-order valence-corrected chi connectivity index (χ2v) is 4.65. The molecule has 0 aliphatic heterocycles. The van der Waals surface area contributed by atoms with Crippen LogP contribution in [0.4, 0.5) is 0 Å². The molecule has 0 saturated heterocycles. The molecule has 0 aliphatic carbocycles. The van der Waals surface area contributed by atoms with E-state index in [0.717, 1.165) is 16.3 Å². The summed E-state index contributed by atoms with van der Waals surface area (Å²) in [5.41, 5.74) is 0.928. The molecule has 0 N–H and O–H groups in total. The van der Waals surface area contributed by atoms with E-state index in [0.29, 0.717) is 12.4 Å². The van der Waals surface area contributed by atoms with E-state index >= 15 is 0 Å². The molecule has 0 aromatic carbocycles. The van der Waals surface area contributed by atoms with Crippen molar-refractivity contribution in [3.05, 3.63) is 47.4 Å². The van der Waals surface area contributed by atoms with Crippen LogP contribution in [0.5, 0.6) is 0 Å². The predicted molar refractivity (Wildman–Crippen MR) is 65.9 cm³/mol. The van der Waals surface area contributed by atoms with E-state index in [4.69, 9.17) is 4.42 Å². The molecule has 0 spiro atoms. The average Bonchev–Trinajstić information content (AvgIpc) is 3.02. The fourth-order valence-electron chi connectivity index (χ4n) is 1.63. The molecular formula is C12H11N3OS. The number of thiophene rings is 1. The summed E-state index contributed by atoms with van der Waals surface area (Å²) < 4.78 is 7.50. The highest BCUT2D eigenvalue weighted by atomic mass is 32.1. The van der Waals surface area contributed by atoms with Crippen molar-refractivity contribution >= 4 is 11.3 Å². The van der Waals surface area contributed by atoms with Crippen LogP contribution in [-0.2, 0) is 6.54 Å².